The number of rotatable bonds is 2. The molecular weight excluding hydrogens is 300 g/mol. The van der Waals surface area contributed by atoms with Gasteiger partial charge in [-0.15, -0.1) is 0 Å². The van der Waals surface area contributed by atoms with Gasteiger partial charge in [-0.25, -0.2) is 9.50 Å². The Morgan fingerprint density at radius 3 is 2.95 bits per heavy atom. The van der Waals surface area contributed by atoms with Gasteiger partial charge in [-0.05, 0) is 36.4 Å². The predicted octanol–water partition coefficient (Wildman–Crippen LogP) is 3.48. The highest BCUT2D eigenvalue weighted by Gasteiger charge is 2.10. The van der Waals surface area contributed by atoms with Gasteiger partial charge in [0.05, 0.1) is 22.7 Å². The van der Waals surface area contributed by atoms with Crippen LogP contribution >= 0.6 is 11.6 Å². The van der Waals surface area contributed by atoms with Gasteiger partial charge in [0.25, 0.3) is 5.78 Å². The van der Waals surface area contributed by atoms with Crippen LogP contribution in [0.3, 0.4) is 0 Å². The van der Waals surface area contributed by atoms with Crippen LogP contribution < -0.4 is 5.32 Å². The maximum atomic E-state index is 8.92. The number of hydrogen-bond acceptors (Lipinski definition) is 4. The van der Waals surface area contributed by atoms with Crippen molar-refractivity contribution in [3.05, 3.63) is 53.1 Å². The van der Waals surface area contributed by atoms with Gasteiger partial charge in [0.1, 0.15) is 0 Å². The van der Waals surface area contributed by atoms with E-state index in [-0.39, 0.29) is 0 Å². The normalized spacial score (nSPS) is 10.9. The van der Waals surface area contributed by atoms with Crippen LogP contribution in [0.2, 0.25) is 5.02 Å². The molecule has 0 spiro atoms. The van der Waals surface area contributed by atoms with Crippen molar-refractivity contribution in [2.24, 2.45) is 0 Å². The second-order valence-corrected chi connectivity index (χ2v) is 5.21. The number of nitriles is 1. The van der Waals surface area contributed by atoms with Crippen molar-refractivity contribution in [1.82, 2.24) is 19.6 Å². The number of imidazole rings is 1. The molecule has 4 rings (SSSR count). The van der Waals surface area contributed by atoms with E-state index in [2.05, 4.69) is 26.5 Å². The molecule has 0 radical (unpaired) electrons. The smallest absolute Gasteiger partial charge is 0.253 e. The summed E-state index contributed by atoms with van der Waals surface area (Å²) < 4.78 is 1.78. The first-order valence-electron chi connectivity index (χ1n) is 6.54. The molecule has 0 aliphatic carbocycles. The second kappa shape index (κ2) is 4.76. The van der Waals surface area contributed by atoms with E-state index >= 15 is 0 Å². The molecule has 0 aliphatic rings. The number of benzene rings is 2. The average Bonchev–Trinajstić information content (AvgIpc) is 3.03. The minimum Gasteiger partial charge on any atom is -0.325 e. The van der Waals surface area contributed by atoms with Gasteiger partial charge in [0, 0.05) is 10.7 Å². The van der Waals surface area contributed by atoms with E-state index in [1.807, 2.05) is 24.3 Å². The summed E-state index contributed by atoms with van der Waals surface area (Å²) in [5.74, 6) is 1.10. The fourth-order valence-electron chi connectivity index (χ4n) is 2.32. The van der Waals surface area contributed by atoms with Crippen LogP contribution in [0.1, 0.15) is 5.56 Å². The van der Waals surface area contributed by atoms with E-state index in [1.165, 1.54) is 0 Å². The fourth-order valence-corrected chi connectivity index (χ4v) is 2.48. The summed E-state index contributed by atoms with van der Waals surface area (Å²) in [6.45, 7) is 0. The maximum Gasteiger partial charge on any atom is 0.253 e. The van der Waals surface area contributed by atoms with Crippen molar-refractivity contribution in [3.63, 3.8) is 0 Å². The Balaban J connectivity index is 1.75. The summed E-state index contributed by atoms with van der Waals surface area (Å²) in [5.41, 5.74) is 3.04. The monoisotopic (exact) mass is 308 g/mol. The quantitative estimate of drug-likeness (QED) is 0.594. The highest BCUT2D eigenvalue weighted by atomic mass is 35.5. The molecule has 2 aromatic carbocycles. The van der Waals surface area contributed by atoms with Crippen LogP contribution in [-0.2, 0) is 0 Å². The third-order valence-corrected chi connectivity index (χ3v) is 3.52. The molecule has 0 atom stereocenters. The molecular formula is C15H9ClN6. The zero-order valence-corrected chi connectivity index (χ0v) is 12.0. The number of nitrogens with zero attached hydrogens (tertiary/aromatic N) is 4. The van der Waals surface area contributed by atoms with Gasteiger partial charge in [-0.2, -0.15) is 10.2 Å². The molecule has 2 N–H and O–H groups in total. The summed E-state index contributed by atoms with van der Waals surface area (Å²) in [5, 5.41) is 15.8. The van der Waals surface area contributed by atoms with Crippen molar-refractivity contribution in [2.45, 2.75) is 0 Å². The number of anilines is 2. The molecule has 0 bridgehead atoms. The van der Waals surface area contributed by atoms with Crippen molar-refractivity contribution >= 4 is 40.0 Å². The molecule has 7 heteroatoms. The number of fused-ring (bicyclic) bond motifs is 3. The molecule has 0 aliphatic heterocycles. The Kier molecular flexibility index (Phi) is 2.74. The van der Waals surface area contributed by atoms with Gasteiger partial charge in [-0.1, -0.05) is 17.7 Å². The molecule has 106 valence electrons. The second-order valence-electron chi connectivity index (χ2n) is 4.77. The molecule has 6 nitrogen and oxygen atoms in total. The van der Waals surface area contributed by atoms with Crippen LogP contribution in [0.5, 0.6) is 0 Å². The van der Waals surface area contributed by atoms with Crippen LogP contribution in [-0.4, -0.2) is 19.6 Å². The Labute approximate surface area is 130 Å². The minimum absolute atomic E-state index is 0.550. The SMILES string of the molecule is N#Cc1cccc(Nc2nc3nc4cc(Cl)ccc4n3[nH]2)c1. The molecule has 0 unspecified atom stereocenters. The van der Waals surface area contributed by atoms with E-state index in [1.54, 1.807) is 22.7 Å². The molecule has 2 aromatic heterocycles. The maximum absolute atomic E-state index is 8.92. The highest BCUT2D eigenvalue weighted by molar-refractivity contribution is 6.31. The number of H-pyrrole nitrogens is 1. The van der Waals surface area contributed by atoms with E-state index in [0.717, 1.165) is 16.7 Å². The first-order valence-corrected chi connectivity index (χ1v) is 6.92. The summed E-state index contributed by atoms with van der Waals surface area (Å²) in [4.78, 5) is 8.81. The van der Waals surface area contributed by atoms with Gasteiger partial charge >= 0.3 is 0 Å². The summed E-state index contributed by atoms with van der Waals surface area (Å²) in [7, 11) is 0. The van der Waals surface area contributed by atoms with E-state index < -0.39 is 0 Å². The van der Waals surface area contributed by atoms with E-state index in [9.17, 15) is 0 Å². The Morgan fingerprint density at radius 1 is 1.18 bits per heavy atom. The average molecular weight is 309 g/mol. The fraction of sp³-hybridized carbons (Fsp3) is 0. The topological polar surface area (TPSA) is 81.8 Å². The first-order chi connectivity index (χ1) is 10.7. The van der Waals surface area contributed by atoms with E-state index in [4.69, 9.17) is 16.9 Å². The predicted molar refractivity (Wildman–Crippen MR) is 84.3 cm³/mol. The van der Waals surface area contributed by atoms with Gasteiger partial charge in [0.15, 0.2) is 0 Å². The zero-order valence-electron chi connectivity index (χ0n) is 11.2. The lowest BCUT2D eigenvalue weighted by molar-refractivity contribution is 1.01. The third kappa shape index (κ3) is 2.05. The number of nitrogens with one attached hydrogen (secondary N) is 2. The number of halogens is 1. The first kappa shape index (κ1) is 12.7. The Bertz CT molecular complexity index is 1040. The van der Waals surface area contributed by atoms with Crippen LogP contribution in [0.4, 0.5) is 11.6 Å². The summed E-state index contributed by atoms with van der Waals surface area (Å²) in [6.07, 6.45) is 0. The van der Waals surface area contributed by atoms with Crippen molar-refractivity contribution in [2.75, 3.05) is 5.32 Å². The summed E-state index contributed by atoms with van der Waals surface area (Å²) in [6, 6.07) is 14.8. The zero-order chi connectivity index (χ0) is 15.1. The molecule has 22 heavy (non-hydrogen) atoms. The third-order valence-electron chi connectivity index (χ3n) is 3.28. The number of aromatic nitrogens is 4. The Morgan fingerprint density at radius 2 is 2.09 bits per heavy atom. The van der Waals surface area contributed by atoms with Gasteiger partial charge in [0.2, 0.25) is 5.95 Å². The molecule has 0 saturated heterocycles. The van der Waals surface area contributed by atoms with Crippen LogP contribution in [0, 0.1) is 11.3 Å². The molecule has 0 amide bonds. The lowest BCUT2D eigenvalue weighted by Gasteiger charge is -2.02. The lowest BCUT2D eigenvalue weighted by atomic mass is 10.2. The molecule has 0 fully saturated rings. The standard InChI is InChI=1S/C15H9ClN6/c16-10-4-5-13-12(7-10)19-15-20-14(21-22(13)15)18-11-3-1-2-9(6-11)8-17/h1-7H,(H2,18,19,20,21). The van der Waals surface area contributed by atoms with Crippen molar-refractivity contribution in [3.8, 4) is 6.07 Å². The largest absolute Gasteiger partial charge is 0.325 e. The highest BCUT2D eigenvalue weighted by Crippen LogP contribution is 2.21. The van der Waals surface area contributed by atoms with Crippen molar-refractivity contribution < 1.29 is 0 Å². The minimum atomic E-state index is 0.550. The van der Waals surface area contributed by atoms with Gasteiger partial charge in [-0.3, -0.25) is 5.10 Å². The van der Waals surface area contributed by atoms with Gasteiger partial charge < -0.3 is 5.32 Å². The summed E-state index contributed by atoms with van der Waals surface area (Å²) >= 11 is 5.96. The van der Waals surface area contributed by atoms with Crippen molar-refractivity contribution in [1.29, 1.82) is 5.26 Å². The van der Waals surface area contributed by atoms with E-state index in [0.29, 0.717) is 22.3 Å². The molecule has 2 heterocycles. The molecule has 0 saturated carbocycles. The molecule has 4 aromatic rings. The number of hydrogen-bond donors (Lipinski definition) is 2. The van der Waals surface area contributed by atoms with Crippen LogP contribution in [0.25, 0.3) is 16.8 Å². The lowest BCUT2D eigenvalue weighted by Crippen LogP contribution is -1.94. The Hall–Kier alpha value is -3.04. The van der Waals surface area contributed by atoms with Crippen LogP contribution in [0.15, 0.2) is 42.5 Å². The number of aromatic amines is 1.